The van der Waals surface area contributed by atoms with E-state index in [9.17, 15) is 5.11 Å². The van der Waals surface area contributed by atoms with Gasteiger partial charge in [-0.15, -0.1) is 0 Å². The van der Waals surface area contributed by atoms with Crippen molar-refractivity contribution in [3.8, 4) is 33.7 Å². The van der Waals surface area contributed by atoms with Crippen LogP contribution in [0.15, 0.2) is 77.3 Å². The zero-order valence-electron chi connectivity index (χ0n) is 14.1. The predicted molar refractivity (Wildman–Crippen MR) is 102 cm³/mol. The van der Waals surface area contributed by atoms with Crippen molar-refractivity contribution >= 4 is 0 Å². The molecule has 3 aromatic carbocycles. The van der Waals surface area contributed by atoms with Gasteiger partial charge in [-0.1, -0.05) is 78.0 Å². The van der Waals surface area contributed by atoms with Crippen LogP contribution in [0.1, 0.15) is 16.7 Å². The maximum absolute atomic E-state index is 10.0. The normalized spacial score (nSPS) is 12.0. The molecule has 0 spiro atoms. The summed E-state index contributed by atoms with van der Waals surface area (Å²) in [7, 11) is 0. The molecule has 3 nitrogen and oxygen atoms in total. The molecule has 0 saturated heterocycles. The van der Waals surface area contributed by atoms with E-state index >= 15 is 0 Å². The molecule has 0 aliphatic heterocycles. The molecule has 0 fully saturated rings. The first-order chi connectivity index (χ1) is 12.9. The van der Waals surface area contributed by atoms with Crippen LogP contribution in [0.4, 0.5) is 0 Å². The van der Waals surface area contributed by atoms with E-state index in [0.29, 0.717) is 11.5 Å². The van der Waals surface area contributed by atoms with Crippen LogP contribution in [-0.2, 0) is 13.0 Å². The second-order valence-electron chi connectivity index (χ2n) is 6.53. The molecule has 1 aromatic heterocycles. The third-order valence-electron chi connectivity index (χ3n) is 5.09. The highest BCUT2D eigenvalue weighted by molar-refractivity contribution is 5.85. The summed E-state index contributed by atoms with van der Waals surface area (Å²) < 4.78 is 5.74. The van der Waals surface area contributed by atoms with Gasteiger partial charge in [0.2, 0.25) is 0 Å². The Labute approximate surface area is 151 Å². The molecule has 1 aliphatic carbocycles. The van der Waals surface area contributed by atoms with E-state index in [1.165, 1.54) is 22.3 Å². The molecule has 4 aromatic rings. The van der Waals surface area contributed by atoms with E-state index in [2.05, 4.69) is 41.6 Å². The van der Waals surface area contributed by atoms with Gasteiger partial charge < -0.3 is 9.63 Å². The molecule has 5 rings (SSSR count). The van der Waals surface area contributed by atoms with Gasteiger partial charge >= 0.3 is 0 Å². The fraction of sp³-hybridized carbons (Fsp3) is 0.0870. The summed E-state index contributed by atoms with van der Waals surface area (Å²) >= 11 is 0. The second-order valence-corrected chi connectivity index (χ2v) is 6.53. The van der Waals surface area contributed by atoms with Gasteiger partial charge in [-0.2, -0.15) is 0 Å². The number of benzene rings is 3. The van der Waals surface area contributed by atoms with Crippen LogP contribution in [0, 0.1) is 0 Å². The lowest BCUT2D eigenvalue weighted by Gasteiger charge is -2.07. The highest BCUT2D eigenvalue weighted by Crippen LogP contribution is 2.43. The van der Waals surface area contributed by atoms with Crippen LogP contribution < -0.4 is 0 Å². The van der Waals surface area contributed by atoms with Gasteiger partial charge in [-0.05, 0) is 28.7 Å². The van der Waals surface area contributed by atoms with Gasteiger partial charge in [0.05, 0.1) is 12.2 Å². The SMILES string of the molecule is OCc1c(-c2ccccc2)noc1-c1cccc2c1Cc1ccccc1-2. The molecule has 0 saturated carbocycles. The molecule has 0 unspecified atom stereocenters. The van der Waals surface area contributed by atoms with Crippen LogP contribution in [0.25, 0.3) is 33.7 Å². The van der Waals surface area contributed by atoms with E-state index in [-0.39, 0.29) is 6.61 Å². The van der Waals surface area contributed by atoms with Crippen molar-refractivity contribution in [1.82, 2.24) is 5.16 Å². The molecular weight excluding hydrogens is 322 g/mol. The Bertz CT molecular complexity index is 1100. The minimum Gasteiger partial charge on any atom is -0.391 e. The third-order valence-corrected chi connectivity index (χ3v) is 5.09. The Morgan fingerprint density at radius 1 is 0.808 bits per heavy atom. The van der Waals surface area contributed by atoms with Gasteiger partial charge in [-0.3, -0.25) is 0 Å². The molecule has 1 N–H and O–H groups in total. The van der Waals surface area contributed by atoms with E-state index in [1.54, 1.807) is 0 Å². The second kappa shape index (κ2) is 5.97. The minimum atomic E-state index is -0.111. The molecular formula is C23H17NO2. The maximum atomic E-state index is 10.0. The number of hydrogen-bond donors (Lipinski definition) is 1. The lowest BCUT2D eigenvalue weighted by atomic mass is 9.96. The van der Waals surface area contributed by atoms with E-state index < -0.39 is 0 Å². The molecule has 26 heavy (non-hydrogen) atoms. The maximum Gasteiger partial charge on any atom is 0.173 e. The van der Waals surface area contributed by atoms with Crippen LogP contribution in [-0.4, -0.2) is 10.3 Å². The first-order valence-electron chi connectivity index (χ1n) is 8.72. The molecule has 126 valence electrons. The molecule has 3 heteroatoms. The molecule has 1 heterocycles. The lowest BCUT2D eigenvalue weighted by Crippen LogP contribution is -1.92. The summed E-state index contributed by atoms with van der Waals surface area (Å²) in [6, 6.07) is 24.6. The van der Waals surface area contributed by atoms with Crippen LogP contribution in [0.5, 0.6) is 0 Å². The van der Waals surface area contributed by atoms with Crippen LogP contribution >= 0.6 is 0 Å². The fourth-order valence-corrected chi connectivity index (χ4v) is 3.86. The van der Waals surface area contributed by atoms with Gasteiger partial charge in [0.25, 0.3) is 0 Å². The number of aliphatic hydroxyl groups excluding tert-OH is 1. The first kappa shape index (κ1) is 15.1. The van der Waals surface area contributed by atoms with Gasteiger partial charge in [0, 0.05) is 11.1 Å². The average molecular weight is 339 g/mol. The van der Waals surface area contributed by atoms with E-state index in [1.807, 2.05) is 36.4 Å². The number of aliphatic hydroxyl groups is 1. The number of rotatable bonds is 3. The van der Waals surface area contributed by atoms with E-state index in [0.717, 1.165) is 23.1 Å². The third kappa shape index (κ3) is 2.21. The Balaban J connectivity index is 1.68. The van der Waals surface area contributed by atoms with Crippen molar-refractivity contribution in [2.45, 2.75) is 13.0 Å². The van der Waals surface area contributed by atoms with Crippen LogP contribution in [0.2, 0.25) is 0 Å². The fourth-order valence-electron chi connectivity index (χ4n) is 3.86. The molecule has 0 atom stereocenters. The number of nitrogens with zero attached hydrogens (tertiary/aromatic N) is 1. The zero-order chi connectivity index (χ0) is 17.5. The summed E-state index contributed by atoms with van der Waals surface area (Å²) in [5, 5.41) is 14.3. The summed E-state index contributed by atoms with van der Waals surface area (Å²) in [5.41, 5.74) is 8.47. The highest BCUT2D eigenvalue weighted by Gasteiger charge is 2.25. The monoisotopic (exact) mass is 339 g/mol. The molecule has 0 bridgehead atoms. The Morgan fingerprint density at radius 3 is 2.38 bits per heavy atom. The summed E-state index contributed by atoms with van der Waals surface area (Å²) in [5.74, 6) is 0.663. The van der Waals surface area contributed by atoms with Crippen molar-refractivity contribution in [3.05, 3.63) is 89.5 Å². The Morgan fingerprint density at radius 2 is 1.54 bits per heavy atom. The van der Waals surface area contributed by atoms with E-state index in [4.69, 9.17) is 4.52 Å². The lowest BCUT2D eigenvalue weighted by molar-refractivity contribution is 0.281. The zero-order valence-corrected chi connectivity index (χ0v) is 14.1. The largest absolute Gasteiger partial charge is 0.391 e. The Hall–Kier alpha value is -3.17. The standard InChI is InChI=1S/C23H17NO2/c25-14-21-22(15-7-2-1-3-8-15)24-26-23(21)19-12-6-11-18-17-10-5-4-9-16(17)13-20(18)19/h1-12,25H,13-14H2. The number of aromatic nitrogens is 1. The van der Waals surface area contributed by atoms with Crippen LogP contribution in [0.3, 0.4) is 0 Å². The number of hydrogen-bond acceptors (Lipinski definition) is 3. The van der Waals surface area contributed by atoms with Crippen molar-refractivity contribution in [1.29, 1.82) is 0 Å². The summed E-state index contributed by atoms with van der Waals surface area (Å²) in [6.45, 7) is -0.111. The van der Waals surface area contributed by atoms with Crippen molar-refractivity contribution in [2.24, 2.45) is 0 Å². The number of fused-ring (bicyclic) bond motifs is 3. The smallest absolute Gasteiger partial charge is 0.173 e. The Kier molecular flexibility index (Phi) is 3.47. The van der Waals surface area contributed by atoms with Gasteiger partial charge in [-0.25, -0.2) is 0 Å². The predicted octanol–water partition coefficient (Wildman–Crippen LogP) is 5.07. The van der Waals surface area contributed by atoms with Crippen molar-refractivity contribution < 1.29 is 9.63 Å². The van der Waals surface area contributed by atoms with Crippen molar-refractivity contribution in [3.63, 3.8) is 0 Å². The minimum absolute atomic E-state index is 0.111. The van der Waals surface area contributed by atoms with Gasteiger partial charge in [0.15, 0.2) is 5.76 Å². The highest BCUT2D eigenvalue weighted by atomic mass is 16.5. The quantitative estimate of drug-likeness (QED) is 0.499. The van der Waals surface area contributed by atoms with Crippen molar-refractivity contribution in [2.75, 3.05) is 0 Å². The molecule has 0 radical (unpaired) electrons. The molecule has 0 amide bonds. The summed E-state index contributed by atoms with van der Waals surface area (Å²) in [4.78, 5) is 0. The van der Waals surface area contributed by atoms with Gasteiger partial charge in [0.1, 0.15) is 5.69 Å². The first-order valence-corrected chi connectivity index (χ1v) is 8.72. The average Bonchev–Trinajstić information content (AvgIpc) is 3.29. The summed E-state index contributed by atoms with van der Waals surface area (Å²) in [6.07, 6.45) is 0.869. The topological polar surface area (TPSA) is 46.3 Å². The molecule has 1 aliphatic rings.